The van der Waals surface area contributed by atoms with E-state index in [1.807, 2.05) is 13.8 Å². The molecule has 1 atom stereocenters. The molecular formula is C12H18BrFN2O. The molecule has 0 aliphatic carbocycles. The van der Waals surface area contributed by atoms with Crippen molar-refractivity contribution in [2.75, 3.05) is 7.11 Å². The van der Waals surface area contributed by atoms with E-state index in [1.165, 1.54) is 0 Å². The summed E-state index contributed by atoms with van der Waals surface area (Å²) in [6.45, 7) is 3.88. The van der Waals surface area contributed by atoms with E-state index in [0.717, 1.165) is 0 Å². The summed E-state index contributed by atoms with van der Waals surface area (Å²) >= 11 is 3.17. The predicted molar refractivity (Wildman–Crippen MR) is 69.9 cm³/mol. The highest BCUT2D eigenvalue weighted by Crippen LogP contribution is 2.29. The summed E-state index contributed by atoms with van der Waals surface area (Å²) in [6, 6.07) is 4.87. The second-order valence-electron chi connectivity index (χ2n) is 4.53. The monoisotopic (exact) mass is 304 g/mol. The van der Waals surface area contributed by atoms with Crippen LogP contribution in [0.3, 0.4) is 0 Å². The van der Waals surface area contributed by atoms with Crippen LogP contribution in [0.25, 0.3) is 0 Å². The molecule has 1 rings (SSSR count). The van der Waals surface area contributed by atoms with Gasteiger partial charge in [-0.05, 0) is 42.3 Å². The van der Waals surface area contributed by atoms with E-state index in [2.05, 4.69) is 21.4 Å². The number of nitrogens with two attached hydrogens (primary N) is 1. The van der Waals surface area contributed by atoms with Crippen LogP contribution in [-0.4, -0.2) is 12.7 Å². The molecule has 3 N–H and O–H groups in total. The van der Waals surface area contributed by atoms with Gasteiger partial charge in [-0.2, -0.15) is 0 Å². The fourth-order valence-electron chi connectivity index (χ4n) is 1.62. The number of hydrogen-bond acceptors (Lipinski definition) is 3. The second-order valence-corrected chi connectivity index (χ2v) is 5.38. The van der Waals surface area contributed by atoms with Crippen LogP contribution in [0.15, 0.2) is 22.7 Å². The van der Waals surface area contributed by atoms with Gasteiger partial charge in [-0.25, -0.2) is 4.39 Å². The van der Waals surface area contributed by atoms with Gasteiger partial charge in [0.15, 0.2) is 0 Å². The first-order valence-corrected chi connectivity index (χ1v) is 6.16. The number of hydrazine groups is 1. The molecule has 0 aliphatic heterocycles. The standard InChI is InChI=1S/C12H18BrFN2O/c1-12(2,17-3)7-10(16-15)8-5-4-6-9(13)11(8)14/h4-6,10,16H,7,15H2,1-3H3. The van der Waals surface area contributed by atoms with Crippen molar-refractivity contribution in [3.05, 3.63) is 34.1 Å². The first-order valence-electron chi connectivity index (χ1n) is 5.36. The smallest absolute Gasteiger partial charge is 0.142 e. The average Bonchev–Trinajstić information content (AvgIpc) is 2.30. The molecule has 5 heteroatoms. The lowest BCUT2D eigenvalue weighted by atomic mass is 9.94. The molecule has 0 heterocycles. The fraction of sp³-hybridized carbons (Fsp3) is 0.500. The van der Waals surface area contributed by atoms with Gasteiger partial charge in [-0.15, -0.1) is 0 Å². The Morgan fingerprint density at radius 2 is 2.18 bits per heavy atom. The lowest BCUT2D eigenvalue weighted by Gasteiger charge is -2.28. The number of benzene rings is 1. The highest BCUT2D eigenvalue weighted by Gasteiger charge is 2.25. The number of halogens is 2. The maximum absolute atomic E-state index is 13.9. The zero-order valence-corrected chi connectivity index (χ0v) is 11.8. The molecule has 0 fully saturated rings. The molecule has 0 aromatic heterocycles. The van der Waals surface area contributed by atoms with Crippen molar-refractivity contribution in [1.82, 2.24) is 5.43 Å². The zero-order valence-electron chi connectivity index (χ0n) is 10.3. The summed E-state index contributed by atoms with van der Waals surface area (Å²) in [5, 5.41) is 0. The quantitative estimate of drug-likeness (QED) is 0.649. The SMILES string of the molecule is COC(C)(C)CC(NN)c1cccc(Br)c1F. The van der Waals surface area contributed by atoms with Crippen molar-refractivity contribution in [2.24, 2.45) is 5.84 Å². The van der Waals surface area contributed by atoms with E-state index in [1.54, 1.807) is 25.3 Å². The van der Waals surface area contributed by atoms with E-state index in [-0.39, 0.29) is 17.5 Å². The third-order valence-corrected chi connectivity index (χ3v) is 3.42. The Morgan fingerprint density at radius 3 is 2.71 bits per heavy atom. The van der Waals surface area contributed by atoms with Gasteiger partial charge >= 0.3 is 0 Å². The molecule has 3 nitrogen and oxygen atoms in total. The summed E-state index contributed by atoms with van der Waals surface area (Å²) < 4.78 is 19.7. The molecular weight excluding hydrogens is 287 g/mol. The molecule has 17 heavy (non-hydrogen) atoms. The number of methoxy groups -OCH3 is 1. The van der Waals surface area contributed by atoms with Crippen molar-refractivity contribution in [1.29, 1.82) is 0 Å². The molecule has 0 saturated carbocycles. The fourth-order valence-corrected chi connectivity index (χ4v) is 2.00. The van der Waals surface area contributed by atoms with Gasteiger partial charge < -0.3 is 4.74 Å². The van der Waals surface area contributed by atoms with Crippen LogP contribution in [-0.2, 0) is 4.74 Å². The largest absolute Gasteiger partial charge is 0.379 e. The van der Waals surface area contributed by atoms with Gasteiger partial charge in [0.2, 0.25) is 0 Å². The normalized spacial score (nSPS) is 13.8. The van der Waals surface area contributed by atoms with Crippen LogP contribution in [0.5, 0.6) is 0 Å². The Morgan fingerprint density at radius 1 is 1.53 bits per heavy atom. The van der Waals surface area contributed by atoms with Crippen LogP contribution in [0, 0.1) is 5.82 Å². The van der Waals surface area contributed by atoms with Gasteiger partial charge in [0.1, 0.15) is 5.82 Å². The molecule has 0 spiro atoms. The summed E-state index contributed by atoms with van der Waals surface area (Å²) in [6.07, 6.45) is 0.577. The van der Waals surface area contributed by atoms with Gasteiger partial charge in [0.25, 0.3) is 0 Å². The predicted octanol–water partition coefficient (Wildman–Crippen LogP) is 2.91. The molecule has 0 saturated heterocycles. The van der Waals surface area contributed by atoms with E-state index in [0.29, 0.717) is 16.5 Å². The van der Waals surface area contributed by atoms with Crippen LogP contribution in [0.2, 0.25) is 0 Å². The first kappa shape index (κ1) is 14.6. The summed E-state index contributed by atoms with van der Waals surface area (Å²) in [7, 11) is 1.63. The summed E-state index contributed by atoms with van der Waals surface area (Å²) in [5.74, 6) is 5.21. The minimum Gasteiger partial charge on any atom is -0.379 e. The van der Waals surface area contributed by atoms with Crippen molar-refractivity contribution in [2.45, 2.75) is 31.9 Å². The molecule has 1 aromatic carbocycles. The Hall–Kier alpha value is -0.490. The highest BCUT2D eigenvalue weighted by molar-refractivity contribution is 9.10. The topological polar surface area (TPSA) is 47.3 Å². The van der Waals surface area contributed by atoms with E-state index in [9.17, 15) is 4.39 Å². The van der Waals surface area contributed by atoms with Crippen molar-refractivity contribution in [3.8, 4) is 0 Å². The van der Waals surface area contributed by atoms with Crippen molar-refractivity contribution in [3.63, 3.8) is 0 Å². The Balaban J connectivity index is 2.98. The zero-order chi connectivity index (χ0) is 13.1. The number of rotatable bonds is 5. The minimum absolute atomic E-state index is 0.289. The molecule has 0 aliphatic rings. The van der Waals surface area contributed by atoms with Gasteiger partial charge in [0.05, 0.1) is 16.1 Å². The number of ether oxygens (including phenoxy) is 1. The van der Waals surface area contributed by atoms with Gasteiger partial charge in [-0.3, -0.25) is 11.3 Å². The van der Waals surface area contributed by atoms with E-state index < -0.39 is 0 Å². The third-order valence-electron chi connectivity index (χ3n) is 2.81. The Labute approximate surface area is 110 Å². The van der Waals surface area contributed by atoms with Gasteiger partial charge in [-0.1, -0.05) is 12.1 Å². The third kappa shape index (κ3) is 3.74. The molecule has 0 bridgehead atoms. The second kappa shape index (κ2) is 5.91. The molecule has 1 unspecified atom stereocenters. The van der Waals surface area contributed by atoms with Crippen LogP contribution in [0.4, 0.5) is 4.39 Å². The Kier molecular flexibility index (Phi) is 5.06. The van der Waals surface area contributed by atoms with E-state index >= 15 is 0 Å². The van der Waals surface area contributed by atoms with Crippen molar-refractivity contribution < 1.29 is 9.13 Å². The molecule has 1 aromatic rings. The Bertz CT molecular complexity index is 385. The first-order chi connectivity index (χ1) is 7.91. The van der Waals surface area contributed by atoms with Crippen LogP contribution in [0.1, 0.15) is 31.9 Å². The van der Waals surface area contributed by atoms with Crippen LogP contribution < -0.4 is 11.3 Å². The maximum Gasteiger partial charge on any atom is 0.142 e. The van der Waals surface area contributed by atoms with Crippen molar-refractivity contribution >= 4 is 15.9 Å². The lowest BCUT2D eigenvalue weighted by Crippen LogP contribution is -2.35. The maximum atomic E-state index is 13.9. The lowest BCUT2D eigenvalue weighted by molar-refractivity contribution is 0.00654. The van der Waals surface area contributed by atoms with E-state index in [4.69, 9.17) is 10.6 Å². The minimum atomic E-state index is -0.369. The molecule has 96 valence electrons. The van der Waals surface area contributed by atoms with Crippen LogP contribution >= 0.6 is 15.9 Å². The van der Waals surface area contributed by atoms with Gasteiger partial charge in [0, 0.05) is 12.7 Å². The highest BCUT2D eigenvalue weighted by atomic mass is 79.9. The number of hydrogen-bond donors (Lipinski definition) is 2. The average molecular weight is 305 g/mol. The number of nitrogens with one attached hydrogen (secondary N) is 1. The molecule has 0 radical (unpaired) electrons. The summed E-state index contributed by atoms with van der Waals surface area (Å²) in [5.41, 5.74) is 2.80. The molecule has 0 amide bonds. The summed E-state index contributed by atoms with van der Waals surface area (Å²) in [4.78, 5) is 0.